The van der Waals surface area contributed by atoms with Gasteiger partial charge in [-0.25, -0.2) is 0 Å². The molecule has 2 N–H and O–H groups in total. The Labute approximate surface area is 105 Å². The van der Waals surface area contributed by atoms with Crippen molar-refractivity contribution >= 4 is 17.4 Å². The Bertz CT molecular complexity index is 373. The maximum Gasteiger partial charge on any atom is 0.264 e. The summed E-state index contributed by atoms with van der Waals surface area (Å²) in [5.41, 5.74) is 0.833. The van der Waals surface area contributed by atoms with E-state index in [0.717, 1.165) is 44.6 Å². The van der Waals surface area contributed by atoms with Crippen LogP contribution in [0.5, 0.6) is 0 Å². The fourth-order valence-corrected chi connectivity index (χ4v) is 2.61. The van der Waals surface area contributed by atoms with E-state index in [9.17, 15) is 4.79 Å². The number of carbonyl (C=O) groups is 1. The average Bonchev–Trinajstić information content (AvgIpc) is 2.97. The zero-order valence-electron chi connectivity index (χ0n) is 10.0. The molecule has 94 valence electrons. The fourth-order valence-electron chi connectivity index (χ4n) is 1.99. The minimum atomic E-state index is -0.0182. The molecule has 17 heavy (non-hydrogen) atoms. The first-order chi connectivity index (χ1) is 8.31. The van der Waals surface area contributed by atoms with Crippen LogP contribution in [0.2, 0.25) is 0 Å². The highest BCUT2D eigenvalue weighted by molar-refractivity contribution is 7.08. The Morgan fingerprint density at radius 3 is 3.24 bits per heavy atom. The van der Waals surface area contributed by atoms with Gasteiger partial charge in [0.1, 0.15) is 4.88 Å². The molecule has 0 saturated carbocycles. The molecule has 0 radical (unpaired) electrons. The number of hydrogen-bond donors (Lipinski definition) is 2. The van der Waals surface area contributed by atoms with E-state index >= 15 is 0 Å². The molecule has 0 aromatic carbocycles. The molecule has 0 bridgehead atoms. The summed E-state index contributed by atoms with van der Waals surface area (Å²) < 4.78 is 3.86. The first-order valence-electron chi connectivity index (χ1n) is 6.11. The SMILES string of the molecule is CCCc1nnsc1C(=O)NCC1CCNC1. The number of amides is 1. The Hall–Kier alpha value is -1.01. The molecule has 0 aliphatic carbocycles. The minimum Gasteiger partial charge on any atom is -0.351 e. The van der Waals surface area contributed by atoms with E-state index < -0.39 is 0 Å². The highest BCUT2D eigenvalue weighted by Crippen LogP contribution is 2.13. The highest BCUT2D eigenvalue weighted by Gasteiger charge is 2.18. The number of carbonyl (C=O) groups excluding carboxylic acids is 1. The number of aryl methyl sites for hydroxylation is 1. The first-order valence-corrected chi connectivity index (χ1v) is 6.88. The Kier molecular flexibility index (Phi) is 4.44. The Balaban J connectivity index is 1.87. The van der Waals surface area contributed by atoms with E-state index in [1.807, 2.05) is 0 Å². The molecule has 0 spiro atoms. The summed E-state index contributed by atoms with van der Waals surface area (Å²) in [5.74, 6) is 0.546. The summed E-state index contributed by atoms with van der Waals surface area (Å²) in [6.45, 7) is 4.88. The second-order valence-electron chi connectivity index (χ2n) is 4.37. The summed E-state index contributed by atoms with van der Waals surface area (Å²) in [6.07, 6.45) is 2.95. The zero-order valence-corrected chi connectivity index (χ0v) is 10.8. The molecule has 1 aliphatic heterocycles. The lowest BCUT2D eigenvalue weighted by Crippen LogP contribution is -2.30. The topological polar surface area (TPSA) is 66.9 Å². The van der Waals surface area contributed by atoms with Crippen molar-refractivity contribution in [3.63, 3.8) is 0 Å². The van der Waals surface area contributed by atoms with Gasteiger partial charge in [0.05, 0.1) is 5.69 Å². The van der Waals surface area contributed by atoms with E-state index in [1.54, 1.807) is 0 Å². The van der Waals surface area contributed by atoms with Crippen molar-refractivity contribution in [1.29, 1.82) is 0 Å². The average molecular weight is 254 g/mol. The van der Waals surface area contributed by atoms with Gasteiger partial charge < -0.3 is 10.6 Å². The lowest BCUT2D eigenvalue weighted by atomic mass is 10.1. The van der Waals surface area contributed by atoms with Crippen molar-refractivity contribution in [2.45, 2.75) is 26.2 Å². The van der Waals surface area contributed by atoms with Gasteiger partial charge in [-0.2, -0.15) is 0 Å². The van der Waals surface area contributed by atoms with Gasteiger partial charge in [-0.3, -0.25) is 4.79 Å². The zero-order chi connectivity index (χ0) is 12.1. The normalized spacial score (nSPS) is 19.5. The van der Waals surface area contributed by atoms with Gasteiger partial charge in [0.2, 0.25) is 0 Å². The lowest BCUT2D eigenvalue weighted by molar-refractivity contribution is 0.0951. The third-order valence-electron chi connectivity index (χ3n) is 2.96. The number of nitrogens with zero attached hydrogens (tertiary/aromatic N) is 2. The van der Waals surface area contributed by atoms with E-state index in [2.05, 4.69) is 27.1 Å². The van der Waals surface area contributed by atoms with Crippen LogP contribution in [0, 0.1) is 5.92 Å². The van der Waals surface area contributed by atoms with E-state index in [0.29, 0.717) is 10.8 Å². The van der Waals surface area contributed by atoms with E-state index in [1.165, 1.54) is 11.5 Å². The summed E-state index contributed by atoms with van der Waals surface area (Å²) in [7, 11) is 0. The first kappa shape index (κ1) is 12.4. The molecular formula is C11H18N4OS. The van der Waals surface area contributed by atoms with Gasteiger partial charge in [0.15, 0.2) is 0 Å². The van der Waals surface area contributed by atoms with Gasteiger partial charge in [-0.15, -0.1) is 5.10 Å². The van der Waals surface area contributed by atoms with E-state index in [-0.39, 0.29) is 5.91 Å². The molecule has 2 rings (SSSR count). The molecule has 1 fully saturated rings. The summed E-state index contributed by atoms with van der Waals surface area (Å²) in [6, 6.07) is 0. The van der Waals surface area contributed by atoms with Crippen molar-refractivity contribution in [2.75, 3.05) is 19.6 Å². The van der Waals surface area contributed by atoms with Crippen LogP contribution in [-0.4, -0.2) is 35.1 Å². The number of nitrogens with one attached hydrogen (secondary N) is 2. The van der Waals surface area contributed by atoms with Gasteiger partial charge in [-0.1, -0.05) is 17.8 Å². The van der Waals surface area contributed by atoms with Crippen LogP contribution >= 0.6 is 11.5 Å². The van der Waals surface area contributed by atoms with Crippen LogP contribution < -0.4 is 10.6 Å². The summed E-state index contributed by atoms with van der Waals surface area (Å²) in [4.78, 5) is 12.6. The molecule has 1 aromatic heterocycles. The molecule has 1 unspecified atom stereocenters. The van der Waals surface area contributed by atoms with Crippen LogP contribution in [-0.2, 0) is 6.42 Å². The molecule has 5 nitrogen and oxygen atoms in total. The maximum absolute atomic E-state index is 12.0. The number of rotatable bonds is 5. The molecule has 6 heteroatoms. The summed E-state index contributed by atoms with van der Waals surface area (Å²) in [5, 5.41) is 10.3. The largest absolute Gasteiger partial charge is 0.351 e. The quantitative estimate of drug-likeness (QED) is 0.817. The fraction of sp³-hybridized carbons (Fsp3) is 0.727. The van der Waals surface area contributed by atoms with Gasteiger partial charge in [0, 0.05) is 6.54 Å². The molecular weight excluding hydrogens is 236 g/mol. The third-order valence-corrected chi connectivity index (χ3v) is 3.73. The van der Waals surface area contributed by atoms with Crippen LogP contribution in [0.25, 0.3) is 0 Å². The lowest BCUT2D eigenvalue weighted by Gasteiger charge is -2.09. The van der Waals surface area contributed by atoms with Crippen molar-refractivity contribution in [3.8, 4) is 0 Å². The molecule has 1 saturated heterocycles. The van der Waals surface area contributed by atoms with Crippen LogP contribution in [0.1, 0.15) is 35.1 Å². The summed E-state index contributed by atoms with van der Waals surface area (Å²) >= 11 is 1.19. The predicted octanol–water partition coefficient (Wildman–Crippen LogP) is 0.830. The standard InChI is InChI=1S/C11H18N4OS/c1-2-3-9-10(17-15-14-9)11(16)13-7-8-4-5-12-6-8/h8,12H,2-7H2,1H3,(H,13,16). The third kappa shape index (κ3) is 3.23. The highest BCUT2D eigenvalue weighted by atomic mass is 32.1. The van der Waals surface area contributed by atoms with E-state index in [4.69, 9.17) is 0 Å². The van der Waals surface area contributed by atoms with Gasteiger partial charge in [-0.05, 0) is 43.4 Å². The Morgan fingerprint density at radius 1 is 1.65 bits per heavy atom. The number of hydrogen-bond acceptors (Lipinski definition) is 5. The predicted molar refractivity (Wildman–Crippen MR) is 67.2 cm³/mol. The van der Waals surface area contributed by atoms with Crippen molar-refractivity contribution < 1.29 is 4.79 Å². The van der Waals surface area contributed by atoms with Crippen molar-refractivity contribution in [2.24, 2.45) is 5.92 Å². The van der Waals surface area contributed by atoms with Crippen LogP contribution in [0.4, 0.5) is 0 Å². The smallest absolute Gasteiger partial charge is 0.264 e. The maximum atomic E-state index is 12.0. The molecule has 1 atom stereocenters. The van der Waals surface area contributed by atoms with Crippen molar-refractivity contribution in [3.05, 3.63) is 10.6 Å². The second kappa shape index (κ2) is 6.07. The van der Waals surface area contributed by atoms with Gasteiger partial charge >= 0.3 is 0 Å². The number of aromatic nitrogens is 2. The van der Waals surface area contributed by atoms with Crippen LogP contribution in [0.15, 0.2) is 0 Å². The molecule has 2 heterocycles. The van der Waals surface area contributed by atoms with Crippen LogP contribution in [0.3, 0.4) is 0 Å². The molecule has 1 amide bonds. The van der Waals surface area contributed by atoms with Gasteiger partial charge in [0.25, 0.3) is 5.91 Å². The molecule has 1 aliphatic rings. The monoisotopic (exact) mass is 254 g/mol. The minimum absolute atomic E-state index is 0.0182. The Morgan fingerprint density at radius 2 is 2.53 bits per heavy atom. The molecule has 1 aromatic rings. The van der Waals surface area contributed by atoms with Crippen molar-refractivity contribution in [1.82, 2.24) is 20.2 Å². The second-order valence-corrected chi connectivity index (χ2v) is 5.12.